The molecule has 0 amide bonds. The van der Waals surface area contributed by atoms with Crippen LogP contribution < -0.4 is 9.47 Å². The monoisotopic (exact) mass is 292 g/mol. The van der Waals surface area contributed by atoms with Gasteiger partial charge in [0.1, 0.15) is 11.5 Å². The Morgan fingerprint density at radius 1 is 1.08 bits per heavy atom. The van der Waals surface area contributed by atoms with Gasteiger partial charge in [-0.2, -0.15) is 0 Å². The van der Waals surface area contributed by atoms with E-state index in [0.717, 1.165) is 17.1 Å². The summed E-state index contributed by atoms with van der Waals surface area (Å²) in [6.07, 6.45) is 1.76. The van der Waals surface area contributed by atoms with Crippen LogP contribution in [0.15, 0.2) is 24.8 Å². The molecule has 0 unspecified atom stereocenters. The molecule has 2 nitrogen and oxygen atoms in total. The van der Waals surface area contributed by atoms with Gasteiger partial charge in [0.2, 0.25) is 0 Å². The van der Waals surface area contributed by atoms with Gasteiger partial charge in [0, 0.05) is 6.07 Å². The third-order valence-electron chi connectivity index (χ3n) is 1.61. The normalized spacial score (nSPS) is 8.46. The summed E-state index contributed by atoms with van der Waals surface area (Å²) in [6, 6.07) is 5.62. The molecule has 0 heterocycles. The number of methoxy groups -OCH3 is 2. The lowest BCUT2D eigenvalue weighted by atomic mass is 10.2. The summed E-state index contributed by atoms with van der Waals surface area (Å²) in [5.41, 5.74) is 0.992. The summed E-state index contributed by atoms with van der Waals surface area (Å²) in [7, 11) is 3.25. The van der Waals surface area contributed by atoms with Gasteiger partial charge in [0.05, 0.1) is 14.2 Å². The molecule has 0 aromatic heterocycles. The second kappa shape index (κ2) is 5.85. The van der Waals surface area contributed by atoms with E-state index in [2.05, 4.69) is 6.58 Å². The zero-order chi connectivity index (χ0) is 8.97. The summed E-state index contributed by atoms with van der Waals surface area (Å²) in [5, 5.41) is 0. The van der Waals surface area contributed by atoms with Gasteiger partial charge >= 0.3 is 0 Å². The maximum absolute atomic E-state index is 5.07. The highest BCUT2D eigenvalue weighted by Gasteiger charge is 1.97. The Bertz CT molecular complexity index is 262. The molecule has 0 fully saturated rings. The molecule has 1 rings (SSSR count). The number of ether oxygens (including phenoxy) is 2. The van der Waals surface area contributed by atoms with E-state index in [0.29, 0.717) is 0 Å². The van der Waals surface area contributed by atoms with Gasteiger partial charge in [0.25, 0.3) is 0 Å². The van der Waals surface area contributed by atoms with E-state index in [1.165, 1.54) is 0 Å². The van der Waals surface area contributed by atoms with Crippen molar-refractivity contribution in [1.29, 1.82) is 0 Å². The molecule has 1 aromatic rings. The molecule has 0 radical (unpaired) electrons. The van der Waals surface area contributed by atoms with Gasteiger partial charge in [-0.15, -0.1) is 24.0 Å². The van der Waals surface area contributed by atoms with Crippen LogP contribution in [0.2, 0.25) is 0 Å². The topological polar surface area (TPSA) is 18.5 Å². The van der Waals surface area contributed by atoms with Crippen LogP contribution in [0.4, 0.5) is 0 Å². The summed E-state index contributed by atoms with van der Waals surface area (Å²) in [5.74, 6) is 1.56. The highest BCUT2D eigenvalue weighted by Crippen LogP contribution is 2.22. The average molecular weight is 292 g/mol. The Morgan fingerprint density at radius 2 is 1.54 bits per heavy atom. The van der Waals surface area contributed by atoms with Crippen LogP contribution in [0.1, 0.15) is 5.56 Å². The van der Waals surface area contributed by atoms with E-state index < -0.39 is 0 Å². The molecular formula is C10H13IO2. The Balaban J connectivity index is 0.00000144. The lowest BCUT2D eigenvalue weighted by Crippen LogP contribution is -1.87. The van der Waals surface area contributed by atoms with Crippen molar-refractivity contribution >= 4 is 30.1 Å². The first kappa shape index (κ1) is 12.3. The molecule has 0 N–H and O–H groups in total. The molecule has 0 saturated carbocycles. The molecular weight excluding hydrogens is 279 g/mol. The Hall–Kier alpha value is -0.710. The minimum atomic E-state index is 0. The van der Waals surface area contributed by atoms with Crippen molar-refractivity contribution in [3.8, 4) is 11.5 Å². The number of benzene rings is 1. The molecule has 72 valence electrons. The molecule has 0 spiro atoms. The van der Waals surface area contributed by atoms with Crippen LogP contribution in [0.25, 0.3) is 6.08 Å². The fourth-order valence-electron chi connectivity index (χ4n) is 0.947. The Morgan fingerprint density at radius 3 is 1.85 bits per heavy atom. The smallest absolute Gasteiger partial charge is 0.123 e. The predicted octanol–water partition coefficient (Wildman–Crippen LogP) is 2.96. The molecule has 1 aromatic carbocycles. The van der Waals surface area contributed by atoms with E-state index in [1.54, 1.807) is 20.3 Å². The van der Waals surface area contributed by atoms with Gasteiger partial charge in [0.15, 0.2) is 0 Å². The quantitative estimate of drug-likeness (QED) is 0.797. The van der Waals surface area contributed by atoms with Crippen molar-refractivity contribution in [3.63, 3.8) is 0 Å². The fourth-order valence-corrected chi connectivity index (χ4v) is 0.947. The second-order valence-corrected chi connectivity index (χ2v) is 2.35. The summed E-state index contributed by atoms with van der Waals surface area (Å²) < 4.78 is 10.1. The largest absolute Gasteiger partial charge is 0.497 e. The standard InChI is InChI=1S/C10H12O2.HI/c1-4-8-5-9(11-2)7-10(6-8)12-3;/h4-7H,1H2,2-3H3;1H. The number of halogens is 1. The van der Waals surface area contributed by atoms with Crippen molar-refractivity contribution in [2.24, 2.45) is 0 Å². The zero-order valence-corrected chi connectivity index (χ0v) is 10.1. The lowest BCUT2D eigenvalue weighted by Gasteiger charge is -2.05. The van der Waals surface area contributed by atoms with Gasteiger partial charge in [-0.3, -0.25) is 0 Å². The lowest BCUT2D eigenvalue weighted by molar-refractivity contribution is 0.394. The first-order valence-electron chi connectivity index (χ1n) is 3.65. The van der Waals surface area contributed by atoms with Gasteiger partial charge < -0.3 is 9.47 Å². The van der Waals surface area contributed by atoms with Crippen molar-refractivity contribution in [1.82, 2.24) is 0 Å². The maximum Gasteiger partial charge on any atom is 0.123 e. The van der Waals surface area contributed by atoms with Gasteiger partial charge in [-0.25, -0.2) is 0 Å². The summed E-state index contributed by atoms with van der Waals surface area (Å²) in [6.45, 7) is 3.67. The second-order valence-electron chi connectivity index (χ2n) is 2.35. The van der Waals surface area contributed by atoms with E-state index >= 15 is 0 Å². The third-order valence-corrected chi connectivity index (χ3v) is 1.61. The highest BCUT2D eigenvalue weighted by molar-refractivity contribution is 14.0. The van der Waals surface area contributed by atoms with E-state index in [-0.39, 0.29) is 24.0 Å². The SMILES string of the molecule is C=Cc1cc(OC)cc(OC)c1.I. The van der Waals surface area contributed by atoms with Crippen LogP contribution in [-0.4, -0.2) is 14.2 Å². The fraction of sp³-hybridized carbons (Fsp3) is 0.200. The van der Waals surface area contributed by atoms with Crippen molar-refractivity contribution < 1.29 is 9.47 Å². The Labute approximate surface area is 95.6 Å². The number of rotatable bonds is 3. The van der Waals surface area contributed by atoms with Gasteiger partial charge in [-0.1, -0.05) is 12.7 Å². The number of hydrogen-bond donors (Lipinski definition) is 0. The molecule has 3 heteroatoms. The highest BCUT2D eigenvalue weighted by atomic mass is 127. The van der Waals surface area contributed by atoms with Crippen molar-refractivity contribution in [2.75, 3.05) is 14.2 Å². The first-order chi connectivity index (χ1) is 5.80. The van der Waals surface area contributed by atoms with Crippen molar-refractivity contribution in [3.05, 3.63) is 30.3 Å². The molecule has 13 heavy (non-hydrogen) atoms. The van der Waals surface area contributed by atoms with E-state index in [9.17, 15) is 0 Å². The predicted molar refractivity (Wildman–Crippen MR) is 65.1 cm³/mol. The molecule has 0 bridgehead atoms. The van der Waals surface area contributed by atoms with Crippen molar-refractivity contribution in [2.45, 2.75) is 0 Å². The van der Waals surface area contributed by atoms with Crippen LogP contribution in [0.5, 0.6) is 11.5 Å². The van der Waals surface area contributed by atoms with Crippen LogP contribution in [-0.2, 0) is 0 Å². The van der Waals surface area contributed by atoms with Gasteiger partial charge in [-0.05, 0) is 17.7 Å². The molecule has 0 aliphatic carbocycles. The van der Waals surface area contributed by atoms with E-state index in [1.807, 2.05) is 18.2 Å². The van der Waals surface area contributed by atoms with E-state index in [4.69, 9.17) is 9.47 Å². The first-order valence-corrected chi connectivity index (χ1v) is 3.65. The summed E-state index contributed by atoms with van der Waals surface area (Å²) >= 11 is 0. The zero-order valence-electron chi connectivity index (χ0n) is 7.74. The molecule has 0 aliphatic heterocycles. The maximum atomic E-state index is 5.07. The average Bonchev–Trinajstić information content (AvgIpc) is 2.16. The Kier molecular flexibility index (Phi) is 5.53. The van der Waals surface area contributed by atoms with Crippen LogP contribution in [0, 0.1) is 0 Å². The van der Waals surface area contributed by atoms with Crippen LogP contribution in [0.3, 0.4) is 0 Å². The summed E-state index contributed by atoms with van der Waals surface area (Å²) in [4.78, 5) is 0. The molecule has 0 atom stereocenters. The molecule has 0 aliphatic rings. The molecule has 0 saturated heterocycles. The van der Waals surface area contributed by atoms with Crippen LogP contribution >= 0.6 is 24.0 Å². The third kappa shape index (κ3) is 3.26. The minimum Gasteiger partial charge on any atom is -0.497 e. The number of hydrogen-bond acceptors (Lipinski definition) is 2. The minimum absolute atomic E-state index is 0.